The molecule has 0 saturated carbocycles. The molecule has 12 nitrogen and oxygen atoms in total. The van der Waals surface area contributed by atoms with E-state index < -0.39 is 25.1 Å². The molecular formula is C26H12N6O6S4. The summed E-state index contributed by atoms with van der Waals surface area (Å²) in [5, 5.41) is 63.3. The zero-order valence-electron chi connectivity index (χ0n) is 20.7. The number of aromatic nitrogens is 3. The fraction of sp³-hybridized carbons (Fsp3) is 0.0769. The molecule has 4 aromatic rings. The van der Waals surface area contributed by atoms with Gasteiger partial charge in [0.15, 0.2) is 42.1 Å². The zero-order chi connectivity index (χ0) is 29.5. The molecule has 0 saturated heterocycles. The van der Waals surface area contributed by atoms with Gasteiger partial charge in [0.05, 0.1) is 28.1 Å². The first kappa shape index (κ1) is 27.8. The number of benzene rings is 2. The quantitative estimate of drug-likeness (QED) is 0.158. The van der Waals surface area contributed by atoms with Crippen molar-refractivity contribution in [3.05, 3.63) is 56.6 Å². The number of carboxylic acids is 1. The fourth-order valence-electron chi connectivity index (χ4n) is 4.25. The SMILES string of the molecule is N#CC(C(=O)O)=C1Sc2c(OCO)c3c(c(OCO)c2S1)SC(=c1c(C#N)c(C#N)c2nc(-c4ccccc4)nn12)S3. The van der Waals surface area contributed by atoms with Gasteiger partial charge in [-0.1, -0.05) is 77.4 Å². The number of aliphatic hydroxyl groups excluding tert-OH is 2. The number of hydrogen-bond donors (Lipinski definition) is 3. The van der Waals surface area contributed by atoms with Crippen LogP contribution in [0.1, 0.15) is 11.1 Å². The lowest BCUT2D eigenvalue weighted by Crippen LogP contribution is -2.14. The largest absolute Gasteiger partial charge is 0.477 e. The van der Waals surface area contributed by atoms with Crippen LogP contribution in [-0.2, 0) is 4.79 Å². The molecule has 206 valence electrons. The topological polar surface area (TPSA) is 198 Å². The van der Waals surface area contributed by atoms with E-state index in [1.165, 1.54) is 28.0 Å². The molecule has 2 aromatic heterocycles. The maximum absolute atomic E-state index is 11.7. The smallest absolute Gasteiger partial charge is 0.348 e. The summed E-state index contributed by atoms with van der Waals surface area (Å²) >= 11 is 4.28. The first-order chi connectivity index (χ1) is 20.4. The molecule has 0 aliphatic carbocycles. The number of ether oxygens (including phenoxy) is 2. The van der Waals surface area contributed by atoms with Crippen molar-refractivity contribution in [2.75, 3.05) is 13.6 Å². The molecule has 0 radical (unpaired) electrons. The highest BCUT2D eigenvalue weighted by Crippen LogP contribution is 2.68. The summed E-state index contributed by atoms with van der Waals surface area (Å²) in [6.45, 7) is -1.42. The minimum Gasteiger partial charge on any atom is -0.477 e. The lowest BCUT2D eigenvalue weighted by Gasteiger charge is -2.16. The van der Waals surface area contributed by atoms with Gasteiger partial charge in [-0.3, -0.25) is 0 Å². The minimum atomic E-state index is -1.40. The van der Waals surface area contributed by atoms with E-state index in [0.29, 0.717) is 35.0 Å². The third-order valence-corrected chi connectivity index (χ3v) is 11.1. The standard InChI is InChI=1S/C26H12N6O6S4/c27-6-12-13(7-28)23-30-22(11-4-2-1-3-5-11)31-32(23)15(12)26-41-20-16(37-9-33)18-19(17(38-10-34)21(20)42-26)40-25(39-18)14(8-29)24(35)36/h1-5,33-34H,9-10H2,(H,35,36). The third kappa shape index (κ3) is 4.31. The Kier molecular flexibility index (Phi) is 7.38. The van der Waals surface area contributed by atoms with Crippen molar-refractivity contribution in [2.24, 2.45) is 0 Å². The number of rotatable bonds is 6. The fourth-order valence-corrected chi connectivity index (χ4v) is 9.75. The molecule has 0 fully saturated rings. The average Bonchev–Trinajstić information content (AvgIpc) is 3.77. The molecular weight excluding hydrogens is 621 g/mol. The summed E-state index contributed by atoms with van der Waals surface area (Å²) in [6, 6.07) is 15.0. The number of nitriles is 3. The normalized spacial score (nSPS) is 13.3. The Hall–Kier alpha value is -4.34. The van der Waals surface area contributed by atoms with E-state index in [9.17, 15) is 35.9 Å². The molecule has 4 heterocycles. The van der Waals surface area contributed by atoms with Gasteiger partial charge in [-0.05, 0) is 0 Å². The first-order valence-electron chi connectivity index (χ1n) is 11.6. The van der Waals surface area contributed by atoms with Gasteiger partial charge < -0.3 is 24.8 Å². The second-order valence-electron chi connectivity index (χ2n) is 8.16. The van der Waals surface area contributed by atoms with E-state index in [4.69, 9.17) is 9.47 Å². The third-order valence-electron chi connectivity index (χ3n) is 5.94. The van der Waals surface area contributed by atoms with E-state index in [0.717, 1.165) is 29.1 Å². The molecule has 3 N–H and O–H groups in total. The van der Waals surface area contributed by atoms with Crippen LogP contribution in [0.3, 0.4) is 0 Å². The molecule has 2 aliphatic rings. The summed E-state index contributed by atoms with van der Waals surface area (Å²) in [4.78, 5) is 17.9. The van der Waals surface area contributed by atoms with Crippen LogP contribution in [0.2, 0.25) is 0 Å². The van der Waals surface area contributed by atoms with E-state index in [1.807, 2.05) is 30.3 Å². The van der Waals surface area contributed by atoms with Gasteiger partial charge in [0.2, 0.25) is 0 Å². The van der Waals surface area contributed by atoms with E-state index in [1.54, 1.807) is 6.07 Å². The molecule has 0 amide bonds. The van der Waals surface area contributed by atoms with Crippen molar-refractivity contribution >= 4 is 62.9 Å². The molecule has 42 heavy (non-hydrogen) atoms. The number of aliphatic carboxylic acids is 1. The van der Waals surface area contributed by atoms with E-state index in [2.05, 4.69) is 22.2 Å². The van der Waals surface area contributed by atoms with Crippen molar-refractivity contribution in [1.29, 1.82) is 15.8 Å². The molecule has 16 heteroatoms. The lowest BCUT2D eigenvalue weighted by molar-refractivity contribution is -0.132. The number of fused-ring (bicyclic) bond motifs is 3. The molecule has 0 spiro atoms. The highest BCUT2D eigenvalue weighted by Gasteiger charge is 2.39. The number of thioether (sulfide) groups is 4. The van der Waals surface area contributed by atoms with Gasteiger partial charge in [-0.25, -0.2) is 14.3 Å². The number of hydrogen-bond acceptors (Lipinski definition) is 14. The highest BCUT2D eigenvalue weighted by molar-refractivity contribution is 8.32. The van der Waals surface area contributed by atoms with Crippen LogP contribution >= 0.6 is 47.0 Å². The van der Waals surface area contributed by atoms with Crippen LogP contribution < -0.4 is 14.8 Å². The molecule has 0 bridgehead atoms. The van der Waals surface area contributed by atoms with Gasteiger partial charge in [0.1, 0.15) is 34.7 Å². The van der Waals surface area contributed by atoms with Crippen LogP contribution in [0.5, 0.6) is 11.5 Å². The molecule has 6 rings (SSSR count). The summed E-state index contributed by atoms with van der Waals surface area (Å²) < 4.78 is 13.4. The number of carboxylic acid groups (broad SMARTS) is 1. The highest BCUT2D eigenvalue weighted by atomic mass is 32.2. The van der Waals surface area contributed by atoms with Crippen LogP contribution in [0.25, 0.3) is 21.3 Å². The summed E-state index contributed by atoms with van der Waals surface area (Å²) in [7, 11) is 0. The van der Waals surface area contributed by atoms with Gasteiger partial charge in [0.25, 0.3) is 0 Å². The van der Waals surface area contributed by atoms with Crippen molar-refractivity contribution in [3.63, 3.8) is 0 Å². The zero-order valence-corrected chi connectivity index (χ0v) is 23.9. The van der Waals surface area contributed by atoms with Gasteiger partial charge in [0, 0.05) is 5.56 Å². The van der Waals surface area contributed by atoms with Crippen molar-refractivity contribution in [1.82, 2.24) is 14.6 Å². The van der Waals surface area contributed by atoms with Gasteiger partial charge in [-0.2, -0.15) is 15.8 Å². The van der Waals surface area contributed by atoms with E-state index >= 15 is 0 Å². The predicted octanol–water partition coefficient (Wildman–Crippen LogP) is 3.50. The van der Waals surface area contributed by atoms with Crippen LogP contribution in [0.4, 0.5) is 0 Å². The Morgan fingerprint density at radius 3 is 1.95 bits per heavy atom. The predicted molar refractivity (Wildman–Crippen MR) is 152 cm³/mol. The Morgan fingerprint density at radius 1 is 0.881 bits per heavy atom. The molecule has 0 atom stereocenters. The average molecular weight is 633 g/mol. The first-order valence-corrected chi connectivity index (χ1v) is 14.8. The second kappa shape index (κ2) is 11.2. The van der Waals surface area contributed by atoms with Crippen molar-refractivity contribution in [3.8, 4) is 41.1 Å². The Morgan fingerprint density at radius 2 is 1.45 bits per heavy atom. The maximum Gasteiger partial charge on any atom is 0.348 e. The number of aliphatic hydroxyl groups is 2. The number of nitrogens with zero attached hydrogens (tertiary/aromatic N) is 6. The van der Waals surface area contributed by atoms with Crippen molar-refractivity contribution < 1.29 is 29.6 Å². The van der Waals surface area contributed by atoms with E-state index in [-0.39, 0.29) is 32.5 Å². The number of carbonyl (C=O) groups is 1. The summed E-state index contributed by atoms with van der Waals surface area (Å²) in [5.74, 6) is -0.617. The van der Waals surface area contributed by atoms with Crippen LogP contribution in [0.15, 0.2) is 59.7 Å². The molecule has 0 unspecified atom stereocenters. The second-order valence-corrected chi connectivity index (χ2v) is 12.8. The maximum atomic E-state index is 11.7. The summed E-state index contributed by atoms with van der Waals surface area (Å²) in [5.41, 5.74) is 0.602. The Balaban J connectivity index is 1.60. The molecule has 2 aliphatic heterocycles. The monoisotopic (exact) mass is 632 g/mol. The Bertz CT molecular complexity index is 1990. The minimum absolute atomic E-state index is 0.0617. The van der Waals surface area contributed by atoms with Gasteiger partial charge >= 0.3 is 5.97 Å². The van der Waals surface area contributed by atoms with Crippen molar-refractivity contribution in [2.45, 2.75) is 19.6 Å². The molecule has 2 aromatic carbocycles. The van der Waals surface area contributed by atoms with Crippen LogP contribution in [0, 0.1) is 34.0 Å². The Labute approximate surface area is 252 Å². The lowest BCUT2D eigenvalue weighted by atomic mass is 10.2. The summed E-state index contributed by atoms with van der Waals surface area (Å²) in [6.07, 6.45) is 0. The van der Waals surface area contributed by atoms with Crippen LogP contribution in [-0.4, -0.2) is 49.5 Å². The van der Waals surface area contributed by atoms with Gasteiger partial charge in [-0.15, -0.1) is 5.10 Å².